The van der Waals surface area contributed by atoms with Gasteiger partial charge in [0, 0.05) is 35.3 Å². The smallest absolute Gasteiger partial charge is 0.289 e. The van der Waals surface area contributed by atoms with E-state index in [-0.39, 0.29) is 17.5 Å². The number of hydrogen-bond donors (Lipinski definition) is 3. The van der Waals surface area contributed by atoms with E-state index in [2.05, 4.69) is 44.9 Å². The second-order valence-electron chi connectivity index (χ2n) is 10.7. The number of pyridine rings is 1. The molecule has 1 aromatic carbocycles. The minimum atomic E-state index is -0.823. The van der Waals surface area contributed by atoms with Crippen LogP contribution >= 0.6 is 11.3 Å². The monoisotopic (exact) mass is 548 g/mol. The zero-order chi connectivity index (χ0) is 27.9. The van der Waals surface area contributed by atoms with Gasteiger partial charge in [-0.3, -0.25) is 30.2 Å². The molecule has 9 nitrogen and oxygen atoms in total. The largest absolute Gasteiger partial charge is 0.345 e. The van der Waals surface area contributed by atoms with Gasteiger partial charge in [-0.1, -0.05) is 45.9 Å². The highest BCUT2D eigenvalue weighted by molar-refractivity contribution is 7.14. The van der Waals surface area contributed by atoms with Crippen LogP contribution in [0.1, 0.15) is 67.8 Å². The first kappa shape index (κ1) is 28.2. The number of nitrogens with zero attached hydrogens (tertiary/aromatic N) is 3. The predicted molar refractivity (Wildman–Crippen MR) is 153 cm³/mol. The van der Waals surface area contributed by atoms with Crippen molar-refractivity contribution in [3.05, 3.63) is 65.3 Å². The van der Waals surface area contributed by atoms with Crippen LogP contribution in [0.25, 0.3) is 11.3 Å². The molecule has 0 aliphatic heterocycles. The highest BCUT2D eigenvalue weighted by Crippen LogP contribution is 2.34. The van der Waals surface area contributed by atoms with Crippen molar-refractivity contribution in [3.63, 3.8) is 0 Å². The number of hydrazine groups is 1. The van der Waals surface area contributed by atoms with Crippen LogP contribution in [0.4, 0.5) is 5.13 Å². The first-order valence-electron chi connectivity index (χ1n) is 13.4. The van der Waals surface area contributed by atoms with Crippen molar-refractivity contribution >= 4 is 34.2 Å². The lowest BCUT2D eigenvalue weighted by atomic mass is 10.0. The van der Waals surface area contributed by atoms with Gasteiger partial charge in [0.05, 0.1) is 5.69 Å². The molecule has 4 rings (SSSR count). The molecule has 206 valence electrons. The maximum Gasteiger partial charge on any atom is 0.289 e. The number of anilines is 1. The van der Waals surface area contributed by atoms with Gasteiger partial charge in [0.2, 0.25) is 0 Å². The Morgan fingerprint density at radius 2 is 1.72 bits per heavy atom. The molecule has 2 heterocycles. The quantitative estimate of drug-likeness (QED) is 0.305. The van der Waals surface area contributed by atoms with Crippen LogP contribution < -0.4 is 21.1 Å². The molecule has 0 spiro atoms. The van der Waals surface area contributed by atoms with Crippen molar-refractivity contribution in [3.8, 4) is 11.3 Å². The third kappa shape index (κ3) is 7.86. The van der Waals surface area contributed by atoms with E-state index in [1.807, 2.05) is 44.2 Å². The summed E-state index contributed by atoms with van der Waals surface area (Å²) in [6.45, 7) is 9.14. The zero-order valence-corrected chi connectivity index (χ0v) is 23.6. The van der Waals surface area contributed by atoms with E-state index in [1.54, 1.807) is 23.7 Å². The lowest BCUT2D eigenvalue weighted by Gasteiger charge is -2.23. The Kier molecular flexibility index (Phi) is 9.29. The van der Waals surface area contributed by atoms with Crippen LogP contribution in [0.2, 0.25) is 0 Å². The van der Waals surface area contributed by atoms with E-state index < -0.39 is 17.9 Å². The Hall–Kier alpha value is -3.79. The zero-order valence-electron chi connectivity index (χ0n) is 22.8. The van der Waals surface area contributed by atoms with Crippen LogP contribution in [-0.4, -0.2) is 46.3 Å². The fraction of sp³-hybridized carbons (Fsp3) is 0.414. The molecule has 3 aromatic rings. The van der Waals surface area contributed by atoms with Gasteiger partial charge >= 0.3 is 0 Å². The van der Waals surface area contributed by atoms with E-state index in [0.29, 0.717) is 23.9 Å². The number of hydrogen-bond acceptors (Lipinski definition) is 7. The summed E-state index contributed by atoms with van der Waals surface area (Å²) in [5.41, 5.74) is 7.31. The summed E-state index contributed by atoms with van der Waals surface area (Å²) in [7, 11) is 0. The van der Waals surface area contributed by atoms with Crippen LogP contribution in [0.15, 0.2) is 54.0 Å². The van der Waals surface area contributed by atoms with Crippen molar-refractivity contribution in [2.45, 2.75) is 59.0 Å². The first-order chi connectivity index (χ1) is 18.7. The lowest BCUT2D eigenvalue weighted by molar-refractivity contribution is -0.124. The SMILES string of the molecule is CC(C)CC(NC(=O)c1ccc(-c2ccccn2)cc1)C(=O)NNC(=O)c1csc(N(CC(C)C)C2CC2)n1. The number of thiazole rings is 1. The number of benzene rings is 1. The van der Waals surface area contributed by atoms with Gasteiger partial charge in [-0.15, -0.1) is 11.3 Å². The fourth-order valence-corrected chi connectivity index (χ4v) is 5.09. The summed E-state index contributed by atoms with van der Waals surface area (Å²) >= 11 is 1.43. The molecule has 39 heavy (non-hydrogen) atoms. The van der Waals surface area contributed by atoms with Gasteiger partial charge in [0.25, 0.3) is 17.7 Å². The third-order valence-electron chi connectivity index (χ3n) is 6.26. The van der Waals surface area contributed by atoms with Crippen molar-refractivity contribution in [1.82, 2.24) is 26.1 Å². The molecule has 0 bridgehead atoms. The molecule has 1 aliphatic carbocycles. The van der Waals surface area contributed by atoms with Crippen LogP contribution in [0, 0.1) is 11.8 Å². The van der Waals surface area contributed by atoms with E-state index in [9.17, 15) is 14.4 Å². The third-order valence-corrected chi connectivity index (χ3v) is 7.13. The molecule has 3 N–H and O–H groups in total. The molecule has 0 saturated heterocycles. The maximum atomic E-state index is 13.0. The molecule has 10 heteroatoms. The second-order valence-corrected chi connectivity index (χ2v) is 11.5. The van der Waals surface area contributed by atoms with Crippen LogP contribution in [-0.2, 0) is 4.79 Å². The van der Waals surface area contributed by atoms with Crippen LogP contribution in [0.5, 0.6) is 0 Å². The Balaban J connectivity index is 1.35. The van der Waals surface area contributed by atoms with Gasteiger partial charge < -0.3 is 10.2 Å². The number of carbonyl (C=O) groups is 3. The van der Waals surface area contributed by atoms with Crippen molar-refractivity contribution < 1.29 is 14.4 Å². The molecule has 1 atom stereocenters. The highest BCUT2D eigenvalue weighted by atomic mass is 32.1. The number of amides is 3. The minimum Gasteiger partial charge on any atom is -0.345 e. The number of carbonyl (C=O) groups excluding carboxylic acids is 3. The molecular formula is C29H36N6O3S. The molecule has 0 radical (unpaired) electrons. The molecule has 3 amide bonds. The van der Waals surface area contributed by atoms with Crippen LogP contribution in [0.3, 0.4) is 0 Å². The summed E-state index contributed by atoms with van der Waals surface area (Å²) in [5.74, 6) is -0.739. The fourth-order valence-electron chi connectivity index (χ4n) is 4.20. The second kappa shape index (κ2) is 12.8. The minimum absolute atomic E-state index is 0.138. The standard InChI is InChI=1S/C29H36N6O3S/c1-18(2)15-24(31-26(36)21-10-8-20(9-11-21)23-7-5-6-14-30-23)27(37)33-34-28(38)25-17-39-29(32-25)35(16-19(3)4)22-12-13-22/h5-11,14,17-19,22,24H,12-13,15-16H2,1-4H3,(H,31,36)(H,33,37)(H,34,38). The van der Waals surface area contributed by atoms with E-state index in [4.69, 9.17) is 0 Å². The Morgan fingerprint density at radius 3 is 2.33 bits per heavy atom. The van der Waals surface area contributed by atoms with Gasteiger partial charge in [0.1, 0.15) is 11.7 Å². The molecule has 1 aliphatic rings. The molecular weight excluding hydrogens is 512 g/mol. The molecule has 1 fully saturated rings. The Labute approximate surface area is 233 Å². The van der Waals surface area contributed by atoms with Gasteiger partial charge in [0.15, 0.2) is 5.13 Å². The van der Waals surface area contributed by atoms with Gasteiger partial charge in [-0.2, -0.15) is 0 Å². The summed E-state index contributed by atoms with van der Waals surface area (Å²) in [4.78, 5) is 49.8. The normalized spacial score (nSPS) is 13.7. The van der Waals surface area contributed by atoms with Crippen molar-refractivity contribution in [2.24, 2.45) is 11.8 Å². The summed E-state index contributed by atoms with van der Waals surface area (Å²) < 4.78 is 0. The molecule has 1 unspecified atom stereocenters. The van der Waals surface area contributed by atoms with Gasteiger partial charge in [-0.05, 0) is 55.4 Å². The summed E-state index contributed by atoms with van der Waals surface area (Å²) in [6.07, 6.45) is 4.40. The van der Waals surface area contributed by atoms with E-state index in [0.717, 1.165) is 35.8 Å². The summed E-state index contributed by atoms with van der Waals surface area (Å²) in [6, 6.07) is 12.4. The van der Waals surface area contributed by atoms with Gasteiger partial charge in [-0.25, -0.2) is 4.98 Å². The highest BCUT2D eigenvalue weighted by Gasteiger charge is 2.32. The number of rotatable bonds is 11. The number of nitrogens with one attached hydrogen (secondary N) is 3. The number of aromatic nitrogens is 2. The predicted octanol–water partition coefficient (Wildman–Crippen LogP) is 4.44. The van der Waals surface area contributed by atoms with Crippen molar-refractivity contribution in [2.75, 3.05) is 11.4 Å². The molecule has 1 saturated carbocycles. The first-order valence-corrected chi connectivity index (χ1v) is 14.2. The van der Waals surface area contributed by atoms with E-state index >= 15 is 0 Å². The van der Waals surface area contributed by atoms with Crippen molar-refractivity contribution in [1.29, 1.82) is 0 Å². The molecule has 2 aromatic heterocycles. The Morgan fingerprint density at radius 1 is 0.974 bits per heavy atom. The average Bonchev–Trinajstić information content (AvgIpc) is 3.65. The van der Waals surface area contributed by atoms with E-state index in [1.165, 1.54) is 11.3 Å². The Bertz CT molecular complexity index is 1270. The lowest BCUT2D eigenvalue weighted by Crippen LogP contribution is -2.52. The maximum absolute atomic E-state index is 13.0. The average molecular weight is 549 g/mol. The summed E-state index contributed by atoms with van der Waals surface area (Å²) in [5, 5.41) is 5.33. The topological polar surface area (TPSA) is 116 Å².